The molecule has 0 spiro atoms. The summed E-state index contributed by atoms with van der Waals surface area (Å²) in [6.45, 7) is 4.16. The highest BCUT2D eigenvalue weighted by atomic mass is 16.5. The summed E-state index contributed by atoms with van der Waals surface area (Å²) in [6.07, 6.45) is 8.42. The van der Waals surface area contributed by atoms with Gasteiger partial charge in [-0.1, -0.05) is 19.3 Å². The fraction of sp³-hybridized carbons (Fsp3) is 0.688. The molecule has 0 aromatic carbocycles. The maximum atomic E-state index is 5.48. The Kier molecular flexibility index (Phi) is 4.81. The molecule has 0 saturated heterocycles. The first-order chi connectivity index (χ1) is 9.15. The van der Waals surface area contributed by atoms with Gasteiger partial charge in [0.1, 0.15) is 5.75 Å². The van der Waals surface area contributed by atoms with Crippen molar-refractivity contribution >= 4 is 0 Å². The van der Waals surface area contributed by atoms with Gasteiger partial charge in [-0.3, -0.25) is 4.98 Å². The van der Waals surface area contributed by atoms with E-state index in [4.69, 9.17) is 4.74 Å². The van der Waals surface area contributed by atoms with Crippen LogP contribution in [0.3, 0.4) is 0 Å². The minimum Gasteiger partial charge on any atom is -0.496 e. The molecule has 1 unspecified atom stereocenters. The average molecular weight is 262 g/mol. The van der Waals surface area contributed by atoms with Crippen LogP contribution in [0.25, 0.3) is 0 Å². The average Bonchev–Trinajstić information content (AvgIpc) is 2.35. The first kappa shape index (κ1) is 14.3. The highest BCUT2D eigenvalue weighted by Crippen LogP contribution is 2.31. The van der Waals surface area contributed by atoms with Crippen molar-refractivity contribution in [2.75, 3.05) is 14.2 Å². The van der Waals surface area contributed by atoms with E-state index in [9.17, 15) is 0 Å². The van der Waals surface area contributed by atoms with Gasteiger partial charge in [0, 0.05) is 35.5 Å². The molecule has 106 valence electrons. The van der Waals surface area contributed by atoms with Crippen molar-refractivity contribution in [2.24, 2.45) is 5.92 Å². The molecule has 3 nitrogen and oxygen atoms in total. The molecule has 1 fully saturated rings. The van der Waals surface area contributed by atoms with E-state index in [0.717, 1.165) is 23.7 Å². The standard InChI is InChI=1S/C16H26N2O/c1-11-10-18-15(12(2)16(11)19-4)9-14(17-3)8-13-6-5-7-13/h10,13-14,17H,5-9H2,1-4H3. The van der Waals surface area contributed by atoms with Crippen LogP contribution in [0.1, 0.15) is 42.5 Å². The van der Waals surface area contributed by atoms with Crippen LogP contribution >= 0.6 is 0 Å². The highest BCUT2D eigenvalue weighted by molar-refractivity contribution is 5.41. The van der Waals surface area contributed by atoms with Gasteiger partial charge in [0.15, 0.2) is 0 Å². The Morgan fingerprint density at radius 3 is 2.68 bits per heavy atom. The van der Waals surface area contributed by atoms with E-state index in [1.54, 1.807) is 7.11 Å². The van der Waals surface area contributed by atoms with E-state index in [1.165, 1.54) is 36.9 Å². The quantitative estimate of drug-likeness (QED) is 0.855. The van der Waals surface area contributed by atoms with Crippen LogP contribution in [0.2, 0.25) is 0 Å². The minimum absolute atomic E-state index is 0.531. The number of ether oxygens (including phenoxy) is 1. The number of aryl methyl sites for hydroxylation is 1. The second-order valence-electron chi connectivity index (χ2n) is 5.77. The van der Waals surface area contributed by atoms with Gasteiger partial charge >= 0.3 is 0 Å². The maximum absolute atomic E-state index is 5.48. The molecule has 3 heteroatoms. The molecule has 1 heterocycles. The van der Waals surface area contributed by atoms with Crippen molar-refractivity contribution < 1.29 is 4.74 Å². The third-order valence-corrected chi connectivity index (χ3v) is 4.44. The fourth-order valence-corrected chi connectivity index (χ4v) is 2.94. The van der Waals surface area contributed by atoms with Crippen molar-refractivity contribution in [2.45, 2.75) is 52.0 Å². The largest absolute Gasteiger partial charge is 0.496 e. The minimum atomic E-state index is 0.531. The SMILES string of the molecule is CNC(Cc1ncc(C)c(OC)c1C)CC1CCC1. The lowest BCUT2D eigenvalue weighted by molar-refractivity contribution is 0.263. The Morgan fingerprint density at radius 1 is 1.42 bits per heavy atom. The Balaban J connectivity index is 2.07. The van der Waals surface area contributed by atoms with Crippen LogP contribution in [0.5, 0.6) is 5.75 Å². The molecule has 1 N–H and O–H groups in total. The number of pyridine rings is 1. The van der Waals surface area contributed by atoms with Gasteiger partial charge in [0.05, 0.1) is 7.11 Å². The number of hydrogen-bond acceptors (Lipinski definition) is 3. The highest BCUT2D eigenvalue weighted by Gasteiger charge is 2.22. The van der Waals surface area contributed by atoms with Gasteiger partial charge < -0.3 is 10.1 Å². The van der Waals surface area contributed by atoms with E-state index in [-0.39, 0.29) is 0 Å². The van der Waals surface area contributed by atoms with Gasteiger partial charge in [0.2, 0.25) is 0 Å². The van der Waals surface area contributed by atoms with E-state index in [0.29, 0.717) is 6.04 Å². The van der Waals surface area contributed by atoms with Crippen LogP contribution in [-0.4, -0.2) is 25.2 Å². The smallest absolute Gasteiger partial charge is 0.128 e. The summed E-state index contributed by atoms with van der Waals surface area (Å²) in [4.78, 5) is 4.61. The molecular weight excluding hydrogens is 236 g/mol. The molecule has 19 heavy (non-hydrogen) atoms. The lowest BCUT2D eigenvalue weighted by atomic mass is 9.80. The van der Waals surface area contributed by atoms with Crippen molar-refractivity contribution in [1.29, 1.82) is 0 Å². The van der Waals surface area contributed by atoms with Crippen molar-refractivity contribution in [1.82, 2.24) is 10.3 Å². The lowest BCUT2D eigenvalue weighted by Crippen LogP contribution is -2.32. The Morgan fingerprint density at radius 2 is 2.16 bits per heavy atom. The zero-order valence-electron chi connectivity index (χ0n) is 12.6. The summed E-state index contributed by atoms with van der Waals surface area (Å²) in [5.74, 6) is 1.91. The first-order valence-corrected chi connectivity index (χ1v) is 7.32. The molecule has 1 aliphatic rings. The summed E-state index contributed by atoms with van der Waals surface area (Å²) in [5, 5.41) is 3.45. The second kappa shape index (κ2) is 6.38. The molecule has 2 rings (SSSR count). The number of hydrogen-bond donors (Lipinski definition) is 1. The molecule has 1 aromatic rings. The predicted octanol–water partition coefficient (Wildman–Crippen LogP) is 3.03. The van der Waals surface area contributed by atoms with Crippen LogP contribution in [0.15, 0.2) is 6.20 Å². The predicted molar refractivity (Wildman–Crippen MR) is 78.8 cm³/mol. The number of nitrogens with one attached hydrogen (secondary N) is 1. The van der Waals surface area contributed by atoms with Gasteiger partial charge in [-0.05, 0) is 33.2 Å². The molecule has 0 bridgehead atoms. The van der Waals surface area contributed by atoms with Crippen molar-refractivity contribution in [3.05, 3.63) is 23.0 Å². The number of methoxy groups -OCH3 is 1. The monoisotopic (exact) mass is 262 g/mol. The fourth-order valence-electron chi connectivity index (χ4n) is 2.94. The van der Waals surface area contributed by atoms with Gasteiger partial charge in [0.25, 0.3) is 0 Å². The van der Waals surface area contributed by atoms with Gasteiger partial charge in [-0.15, -0.1) is 0 Å². The summed E-state index contributed by atoms with van der Waals surface area (Å²) < 4.78 is 5.48. The third kappa shape index (κ3) is 3.27. The summed E-state index contributed by atoms with van der Waals surface area (Å²) in [5.41, 5.74) is 3.47. The zero-order chi connectivity index (χ0) is 13.8. The van der Waals surface area contributed by atoms with E-state index >= 15 is 0 Å². The Bertz CT molecular complexity index is 427. The maximum Gasteiger partial charge on any atom is 0.128 e. The van der Waals surface area contributed by atoms with Crippen LogP contribution in [0, 0.1) is 19.8 Å². The summed E-state index contributed by atoms with van der Waals surface area (Å²) in [7, 11) is 3.80. The topological polar surface area (TPSA) is 34.2 Å². The Labute approximate surface area is 116 Å². The number of rotatable bonds is 6. The number of nitrogens with zero attached hydrogens (tertiary/aromatic N) is 1. The summed E-state index contributed by atoms with van der Waals surface area (Å²) >= 11 is 0. The van der Waals surface area contributed by atoms with Crippen LogP contribution in [-0.2, 0) is 6.42 Å². The molecule has 1 atom stereocenters. The molecule has 1 aromatic heterocycles. The molecule has 1 aliphatic carbocycles. The van der Waals surface area contributed by atoms with Gasteiger partial charge in [-0.2, -0.15) is 0 Å². The molecular formula is C16H26N2O. The number of likely N-dealkylation sites (N-methyl/N-ethyl adjacent to an activating group) is 1. The normalized spacial score (nSPS) is 17.1. The van der Waals surface area contributed by atoms with E-state index in [2.05, 4.69) is 24.3 Å². The van der Waals surface area contributed by atoms with Crippen LogP contribution < -0.4 is 10.1 Å². The van der Waals surface area contributed by atoms with Crippen molar-refractivity contribution in [3.63, 3.8) is 0 Å². The zero-order valence-corrected chi connectivity index (χ0v) is 12.6. The molecule has 1 saturated carbocycles. The summed E-state index contributed by atoms with van der Waals surface area (Å²) in [6, 6.07) is 0.531. The molecule has 0 radical (unpaired) electrons. The van der Waals surface area contributed by atoms with E-state index < -0.39 is 0 Å². The molecule has 0 aliphatic heterocycles. The van der Waals surface area contributed by atoms with Gasteiger partial charge in [-0.25, -0.2) is 0 Å². The lowest BCUT2D eigenvalue weighted by Gasteiger charge is -2.29. The van der Waals surface area contributed by atoms with E-state index in [1.807, 2.05) is 13.1 Å². The second-order valence-corrected chi connectivity index (χ2v) is 5.77. The Hall–Kier alpha value is -1.09. The molecule has 0 amide bonds. The first-order valence-electron chi connectivity index (χ1n) is 7.32. The van der Waals surface area contributed by atoms with Crippen LogP contribution in [0.4, 0.5) is 0 Å². The number of aromatic nitrogens is 1. The van der Waals surface area contributed by atoms with Crippen molar-refractivity contribution in [3.8, 4) is 5.75 Å². The third-order valence-electron chi connectivity index (χ3n) is 4.44.